The quantitative estimate of drug-likeness (QED) is 0.488. The molecule has 0 saturated heterocycles. The predicted molar refractivity (Wildman–Crippen MR) is 66.2 cm³/mol. The van der Waals surface area contributed by atoms with E-state index in [0.717, 1.165) is 20.3 Å². The van der Waals surface area contributed by atoms with Gasteiger partial charge in [0.1, 0.15) is 16.9 Å². The van der Waals surface area contributed by atoms with Crippen molar-refractivity contribution in [1.29, 1.82) is 0 Å². The highest BCUT2D eigenvalue weighted by molar-refractivity contribution is 7.25. The number of esters is 1. The van der Waals surface area contributed by atoms with Crippen LogP contribution in [0.5, 0.6) is 5.75 Å². The lowest BCUT2D eigenvalue weighted by molar-refractivity contribution is -0.131. The van der Waals surface area contributed by atoms with E-state index < -0.39 is 0 Å². The first-order valence-corrected chi connectivity index (χ1v) is 5.86. The summed E-state index contributed by atoms with van der Waals surface area (Å²) in [7, 11) is 0. The summed E-state index contributed by atoms with van der Waals surface area (Å²) in [6, 6.07) is 5.56. The summed E-state index contributed by atoms with van der Waals surface area (Å²) in [4.78, 5) is 20.0. The van der Waals surface area contributed by atoms with Crippen LogP contribution in [-0.4, -0.2) is 15.9 Å². The van der Waals surface area contributed by atoms with Crippen molar-refractivity contribution in [1.82, 2.24) is 9.97 Å². The molecular weight excluding hydrogens is 236 g/mol. The molecule has 2 aromatic heterocycles. The highest BCUT2D eigenvalue weighted by Crippen LogP contribution is 2.33. The van der Waals surface area contributed by atoms with Gasteiger partial charge < -0.3 is 4.74 Å². The van der Waals surface area contributed by atoms with Crippen LogP contribution in [0.25, 0.3) is 20.3 Å². The Balaban J connectivity index is 2.23. The average Bonchev–Trinajstić information content (AvgIpc) is 2.65. The molecule has 0 saturated carbocycles. The highest BCUT2D eigenvalue weighted by atomic mass is 32.1. The number of benzene rings is 1. The van der Waals surface area contributed by atoms with E-state index in [4.69, 9.17) is 4.74 Å². The Hall–Kier alpha value is -2.01. The molecule has 0 aliphatic rings. The topological polar surface area (TPSA) is 52.1 Å². The van der Waals surface area contributed by atoms with Gasteiger partial charge in [-0.2, -0.15) is 0 Å². The van der Waals surface area contributed by atoms with Gasteiger partial charge in [0, 0.05) is 28.6 Å². The third-order valence-electron chi connectivity index (χ3n) is 2.39. The smallest absolute Gasteiger partial charge is 0.308 e. The second-order valence-electron chi connectivity index (χ2n) is 3.60. The Morgan fingerprint density at radius 1 is 1.35 bits per heavy atom. The molecule has 0 aliphatic heterocycles. The zero-order chi connectivity index (χ0) is 11.8. The van der Waals surface area contributed by atoms with Crippen molar-refractivity contribution in [2.45, 2.75) is 6.92 Å². The number of fused-ring (bicyclic) bond motifs is 3. The SMILES string of the molecule is CC(=O)Oc1ccc2c(c1)sc1ncncc12. The van der Waals surface area contributed by atoms with Crippen molar-refractivity contribution >= 4 is 37.6 Å². The Bertz CT molecular complexity index is 721. The van der Waals surface area contributed by atoms with Crippen molar-refractivity contribution in [3.63, 3.8) is 0 Å². The van der Waals surface area contributed by atoms with E-state index in [0.29, 0.717) is 5.75 Å². The van der Waals surface area contributed by atoms with Crippen LogP contribution in [0, 0.1) is 0 Å². The van der Waals surface area contributed by atoms with Crippen LogP contribution in [0.3, 0.4) is 0 Å². The summed E-state index contributed by atoms with van der Waals surface area (Å²) in [5.74, 6) is 0.245. The zero-order valence-corrected chi connectivity index (χ0v) is 9.82. The van der Waals surface area contributed by atoms with Gasteiger partial charge in [0.2, 0.25) is 0 Å². The number of nitrogens with zero attached hydrogens (tertiary/aromatic N) is 2. The maximum absolute atomic E-state index is 10.9. The average molecular weight is 244 g/mol. The minimum Gasteiger partial charge on any atom is -0.427 e. The summed E-state index contributed by atoms with van der Waals surface area (Å²) in [6.07, 6.45) is 3.33. The largest absolute Gasteiger partial charge is 0.427 e. The molecule has 4 nitrogen and oxygen atoms in total. The van der Waals surface area contributed by atoms with Crippen molar-refractivity contribution in [2.24, 2.45) is 0 Å². The normalized spacial score (nSPS) is 10.9. The molecule has 5 heteroatoms. The standard InChI is InChI=1S/C12H8N2O2S/c1-7(15)16-8-2-3-9-10-5-13-6-14-12(10)17-11(9)4-8/h2-6H,1H3. The third-order valence-corrected chi connectivity index (χ3v) is 3.46. The minimum absolute atomic E-state index is 0.315. The van der Waals surface area contributed by atoms with E-state index in [1.807, 2.05) is 12.1 Å². The van der Waals surface area contributed by atoms with Crippen LogP contribution in [0.1, 0.15) is 6.92 Å². The first-order chi connectivity index (χ1) is 8.24. The lowest BCUT2D eigenvalue weighted by atomic mass is 10.2. The van der Waals surface area contributed by atoms with Crippen LogP contribution in [-0.2, 0) is 4.79 Å². The van der Waals surface area contributed by atoms with E-state index in [9.17, 15) is 4.79 Å². The van der Waals surface area contributed by atoms with Crippen molar-refractivity contribution < 1.29 is 9.53 Å². The van der Waals surface area contributed by atoms with Crippen LogP contribution in [0.4, 0.5) is 0 Å². The van der Waals surface area contributed by atoms with Crippen LogP contribution in [0.2, 0.25) is 0 Å². The van der Waals surface area contributed by atoms with E-state index in [-0.39, 0.29) is 5.97 Å². The second kappa shape index (κ2) is 3.78. The molecule has 3 aromatic rings. The van der Waals surface area contributed by atoms with Gasteiger partial charge >= 0.3 is 5.97 Å². The van der Waals surface area contributed by atoms with Crippen molar-refractivity contribution in [3.05, 3.63) is 30.7 Å². The number of thiophene rings is 1. The molecule has 0 atom stereocenters. The zero-order valence-electron chi connectivity index (χ0n) is 9.01. The summed E-state index contributed by atoms with van der Waals surface area (Å²) >= 11 is 1.56. The molecule has 0 radical (unpaired) electrons. The first kappa shape index (κ1) is 10.2. The Morgan fingerprint density at radius 2 is 2.24 bits per heavy atom. The van der Waals surface area contributed by atoms with Crippen LogP contribution < -0.4 is 4.74 Å². The number of rotatable bonds is 1. The third kappa shape index (κ3) is 1.74. The highest BCUT2D eigenvalue weighted by Gasteiger charge is 2.07. The molecule has 0 amide bonds. The van der Waals surface area contributed by atoms with Gasteiger partial charge in [-0.3, -0.25) is 4.79 Å². The summed E-state index contributed by atoms with van der Waals surface area (Å²) < 4.78 is 6.09. The number of carbonyl (C=O) groups is 1. The summed E-state index contributed by atoms with van der Waals surface area (Å²) in [5.41, 5.74) is 0. The van der Waals surface area contributed by atoms with Gasteiger partial charge in [0.05, 0.1) is 0 Å². The fourth-order valence-electron chi connectivity index (χ4n) is 1.73. The van der Waals surface area contributed by atoms with E-state index >= 15 is 0 Å². The van der Waals surface area contributed by atoms with Crippen LogP contribution in [0.15, 0.2) is 30.7 Å². The monoisotopic (exact) mass is 244 g/mol. The molecule has 0 fully saturated rings. The van der Waals surface area contributed by atoms with Gasteiger partial charge in [-0.25, -0.2) is 9.97 Å². The fourth-order valence-corrected chi connectivity index (χ4v) is 2.77. The Morgan fingerprint density at radius 3 is 3.06 bits per heavy atom. The maximum Gasteiger partial charge on any atom is 0.308 e. The number of aromatic nitrogens is 2. The maximum atomic E-state index is 10.9. The molecule has 0 unspecified atom stereocenters. The fraction of sp³-hybridized carbons (Fsp3) is 0.0833. The van der Waals surface area contributed by atoms with Gasteiger partial charge in [-0.05, 0) is 18.2 Å². The summed E-state index contributed by atoms with van der Waals surface area (Å²) in [6.45, 7) is 1.39. The Labute approximate surface area is 101 Å². The molecule has 84 valence electrons. The lowest BCUT2D eigenvalue weighted by Crippen LogP contribution is -2.00. The van der Waals surface area contributed by atoms with E-state index in [1.165, 1.54) is 13.3 Å². The molecule has 17 heavy (non-hydrogen) atoms. The van der Waals surface area contributed by atoms with E-state index in [1.54, 1.807) is 23.6 Å². The first-order valence-electron chi connectivity index (χ1n) is 5.05. The molecule has 1 aromatic carbocycles. The van der Waals surface area contributed by atoms with Gasteiger partial charge in [0.15, 0.2) is 0 Å². The Kier molecular flexibility index (Phi) is 2.26. The predicted octanol–water partition coefficient (Wildman–Crippen LogP) is 2.77. The number of carbonyl (C=O) groups excluding carboxylic acids is 1. The molecule has 2 heterocycles. The molecular formula is C12H8N2O2S. The number of hydrogen-bond acceptors (Lipinski definition) is 5. The molecule has 3 rings (SSSR count). The number of ether oxygens (including phenoxy) is 1. The minimum atomic E-state index is -0.315. The lowest BCUT2D eigenvalue weighted by Gasteiger charge is -1.99. The van der Waals surface area contributed by atoms with Crippen molar-refractivity contribution in [3.8, 4) is 5.75 Å². The van der Waals surface area contributed by atoms with Gasteiger partial charge in [0.25, 0.3) is 0 Å². The molecule has 0 bridgehead atoms. The van der Waals surface area contributed by atoms with Gasteiger partial charge in [-0.15, -0.1) is 11.3 Å². The van der Waals surface area contributed by atoms with Crippen LogP contribution >= 0.6 is 11.3 Å². The summed E-state index contributed by atoms with van der Waals surface area (Å²) in [5, 5.41) is 2.11. The molecule has 0 N–H and O–H groups in total. The van der Waals surface area contributed by atoms with Crippen molar-refractivity contribution in [2.75, 3.05) is 0 Å². The van der Waals surface area contributed by atoms with Gasteiger partial charge in [-0.1, -0.05) is 0 Å². The van der Waals surface area contributed by atoms with E-state index in [2.05, 4.69) is 9.97 Å². The number of hydrogen-bond donors (Lipinski definition) is 0. The molecule has 0 aliphatic carbocycles. The molecule has 0 spiro atoms. The second-order valence-corrected chi connectivity index (χ2v) is 4.63.